The van der Waals surface area contributed by atoms with E-state index in [-0.39, 0.29) is 11.9 Å². The van der Waals surface area contributed by atoms with Gasteiger partial charge in [0.1, 0.15) is 0 Å². The zero-order valence-electron chi connectivity index (χ0n) is 8.55. The zero-order chi connectivity index (χ0) is 9.84. The van der Waals surface area contributed by atoms with Crippen LogP contribution in [0.5, 0.6) is 0 Å². The van der Waals surface area contributed by atoms with Gasteiger partial charge < -0.3 is 11.1 Å². The van der Waals surface area contributed by atoms with Crippen molar-refractivity contribution in [3.05, 3.63) is 0 Å². The molecule has 1 saturated carbocycles. The van der Waals surface area contributed by atoms with Crippen LogP contribution in [0.15, 0.2) is 0 Å². The maximum atomic E-state index is 11.3. The Bertz CT molecular complexity index is 180. The lowest BCUT2D eigenvalue weighted by Crippen LogP contribution is -2.28. The molecule has 13 heavy (non-hydrogen) atoms. The summed E-state index contributed by atoms with van der Waals surface area (Å²) in [6, 6.07) is 0.595. The van der Waals surface area contributed by atoms with Crippen LogP contribution in [0, 0.1) is 5.92 Å². The van der Waals surface area contributed by atoms with E-state index in [0.29, 0.717) is 12.5 Å². The number of hydrogen-bond acceptors (Lipinski definition) is 2. The van der Waals surface area contributed by atoms with Gasteiger partial charge in [-0.05, 0) is 25.7 Å². The van der Waals surface area contributed by atoms with Gasteiger partial charge in [-0.25, -0.2) is 0 Å². The number of nitrogens with one attached hydrogen (secondary N) is 1. The van der Waals surface area contributed by atoms with E-state index in [0.717, 1.165) is 12.3 Å². The first-order chi connectivity index (χ1) is 6.13. The van der Waals surface area contributed by atoms with Gasteiger partial charge in [0, 0.05) is 18.5 Å². The van der Waals surface area contributed by atoms with Crippen LogP contribution in [-0.2, 0) is 4.79 Å². The van der Waals surface area contributed by atoms with Gasteiger partial charge in [-0.1, -0.05) is 13.3 Å². The second-order valence-electron chi connectivity index (χ2n) is 4.09. The summed E-state index contributed by atoms with van der Waals surface area (Å²) in [5, 5.41) is 3.02. The third-order valence-corrected chi connectivity index (χ3v) is 2.62. The lowest BCUT2D eigenvalue weighted by molar-refractivity contribution is -0.121. The predicted molar refractivity (Wildman–Crippen MR) is 53.2 cm³/mol. The number of nitrogens with two attached hydrogens (primary N) is 1. The molecule has 0 spiro atoms. The fourth-order valence-electron chi connectivity index (χ4n) is 1.51. The zero-order valence-corrected chi connectivity index (χ0v) is 8.55. The quantitative estimate of drug-likeness (QED) is 0.670. The first-order valence-corrected chi connectivity index (χ1v) is 5.18. The van der Waals surface area contributed by atoms with Crippen molar-refractivity contribution in [3.63, 3.8) is 0 Å². The molecule has 3 unspecified atom stereocenters. The summed E-state index contributed by atoms with van der Waals surface area (Å²) in [7, 11) is 0. The Kier molecular flexibility index (Phi) is 3.72. The van der Waals surface area contributed by atoms with E-state index < -0.39 is 0 Å². The van der Waals surface area contributed by atoms with Crippen LogP contribution in [0.3, 0.4) is 0 Å². The van der Waals surface area contributed by atoms with Crippen molar-refractivity contribution in [2.24, 2.45) is 11.7 Å². The number of hydrogen-bond donors (Lipinski definition) is 2. The molecule has 1 aliphatic carbocycles. The number of rotatable bonds is 5. The van der Waals surface area contributed by atoms with Crippen LogP contribution < -0.4 is 11.1 Å². The second-order valence-corrected chi connectivity index (χ2v) is 4.09. The summed E-state index contributed by atoms with van der Waals surface area (Å²) in [4.78, 5) is 11.3. The molecule has 0 aromatic carbocycles. The highest BCUT2D eigenvalue weighted by Gasteiger charge is 2.36. The van der Waals surface area contributed by atoms with Crippen molar-refractivity contribution in [2.45, 2.75) is 51.6 Å². The van der Waals surface area contributed by atoms with Gasteiger partial charge in [0.15, 0.2) is 0 Å². The molecule has 0 saturated heterocycles. The number of carbonyl (C=O) groups is 1. The molecule has 0 bridgehead atoms. The molecular formula is C10H20N2O. The molecule has 0 aliphatic heterocycles. The maximum Gasteiger partial charge on any atom is 0.220 e. The highest BCUT2D eigenvalue weighted by atomic mass is 16.1. The predicted octanol–water partition coefficient (Wildman–Crippen LogP) is 1.03. The fraction of sp³-hybridized carbons (Fsp3) is 0.900. The summed E-state index contributed by atoms with van der Waals surface area (Å²) in [6.45, 7) is 4.10. The van der Waals surface area contributed by atoms with Crippen LogP contribution >= 0.6 is 0 Å². The molecule has 76 valence electrons. The lowest BCUT2D eigenvalue weighted by Gasteiger charge is -2.05. The maximum absolute atomic E-state index is 11.3. The molecule has 3 atom stereocenters. The normalized spacial score (nSPS) is 28.2. The van der Waals surface area contributed by atoms with Crippen molar-refractivity contribution in [2.75, 3.05) is 0 Å². The fourth-order valence-corrected chi connectivity index (χ4v) is 1.51. The number of carbonyl (C=O) groups excluding carboxylic acids is 1. The van der Waals surface area contributed by atoms with E-state index in [1.807, 2.05) is 6.92 Å². The van der Waals surface area contributed by atoms with Gasteiger partial charge in [-0.2, -0.15) is 0 Å². The van der Waals surface area contributed by atoms with E-state index in [1.165, 1.54) is 12.8 Å². The topological polar surface area (TPSA) is 55.1 Å². The van der Waals surface area contributed by atoms with Gasteiger partial charge in [-0.3, -0.25) is 4.79 Å². The molecular weight excluding hydrogens is 164 g/mol. The lowest BCUT2D eigenvalue weighted by atomic mass is 10.2. The molecule has 0 aromatic rings. The minimum Gasteiger partial charge on any atom is -0.353 e. The number of amides is 1. The average molecular weight is 184 g/mol. The van der Waals surface area contributed by atoms with Crippen molar-refractivity contribution >= 4 is 5.91 Å². The van der Waals surface area contributed by atoms with Crippen molar-refractivity contribution in [3.8, 4) is 0 Å². The van der Waals surface area contributed by atoms with Gasteiger partial charge in [0.25, 0.3) is 0 Å². The van der Waals surface area contributed by atoms with Gasteiger partial charge in [0.2, 0.25) is 5.91 Å². The Morgan fingerprint density at radius 3 is 2.85 bits per heavy atom. The molecule has 1 fully saturated rings. The Hall–Kier alpha value is -0.570. The van der Waals surface area contributed by atoms with Crippen LogP contribution in [-0.4, -0.2) is 18.0 Å². The molecule has 3 heteroatoms. The molecule has 0 heterocycles. The Morgan fingerprint density at radius 1 is 1.69 bits per heavy atom. The first kappa shape index (κ1) is 10.5. The second kappa shape index (κ2) is 4.61. The van der Waals surface area contributed by atoms with Crippen LogP contribution in [0.4, 0.5) is 0 Å². The monoisotopic (exact) mass is 184 g/mol. The Labute approximate surface area is 80.1 Å². The molecule has 0 aromatic heterocycles. The van der Waals surface area contributed by atoms with Gasteiger partial charge in [-0.15, -0.1) is 0 Å². The van der Waals surface area contributed by atoms with Gasteiger partial charge in [0.05, 0.1) is 0 Å². The summed E-state index contributed by atoms with van der Waals surface area (Å²) >= 11 is 0. The largest absolute Gasteiger partial charge is 0.353 e. The summed E-state index contributed by atoms with van der Waals surface area (Å²) in [5.74, 6) is 0.900. The third kappa shape index (κ3) is 3.77. The van der Waals surface area contributed by atoms with Gasteiger partial charge >= 0.3 is 0 Å². The van der Waals surface area contributed by atoms with Crippen LogP contribution in [0.1, 0.15) is 39.5 Å². The smallest absolute Gasteiger partial charge is 0.220 e. The molecule has 1 amide bonds. The Balaban J connectivity index is 2.05. The third-order valence-electron chi connectivity index (χ3n) is 2.62. The average Bonchev–Trinajstić information content (AvgIpc) is 2.80. The summed E-state index contributed by atoms with van der Waals surface area (Å²) in [6.07, 6.45) is 3.71. The Morgan fingerprint density at radius 2 is 2.38 bits per heavy atom. The summed E-state index contributed by atoms with van der Waals surface area (Å²) < 4.78 is 0. The highest BCUT2D eigenvalue weighted by molar-refractivity contribution is 5.76. The minimum absolute atomic E-state index is 0.131. The SMILES string of the molecule is CCC1CC1NC(=O)CCC(C)N. The minimum atomic E-state index is 0.131. The summed E-state index contributed by atoms with van der Waals surface area (Å²) in [5.41, 5.74) is 5.56. The van der Waals surface area contributed by atoms with Crippen LogP contribution in [0.2, 0.25) is 0 Å². The van der Waals surface area contributed by atoms with E-state index in [2.05, 4.69) is 12.2 Å². The van der Waals surface area contributed by atoms with Crippen LogP contribution in [0.25, 0.3) is 0 Å². The molecule has 1 rings (SSSR count). The molecule has 1 aliphatic rings. The van der Waals surface area contributed by atoms with E-state index in [9.17, 15) is 4.79 Å². The molecule has 3 N–H and O–H groups in total. The highest BCUT2D eigenvalue weighted by Crippen LogP contribution is 2.33. The molecule has 0 radical (unpaired) electrons. The molecule has 3 nitrogen and oxygen atoms in total. The van der Waals surface area contributed by atoms with E-state index in [1.54, 1.807) is 0 Å². The van der Waals surface area contributed by atoms with Crippen molar-refractivity contribution in [1.29, 1.82) is 0 Å². The van der Waals surface area contributed by atoms with Crippen molar-refractivity contribution < 1.29 is 4.79 Å². The van der Waals surface area contributed by atoms with E-state index in [4.69, 9.17) is 5.73 Å². The van der Waals surface area contributed by atoms with E-state index >= 15 is 0 Å². The standard InChI is InChI=1S/C10H20N2O/c1-3-8-6-9(8)12-10(13)5-4-7(2)11/h7-9H,3-6,11H2,1-2H3,(H,12,13). The first-order valence-electron chi connectivity index (χ1n) is 5.18. The van der Waals surface area contributed by atoms with Crippen molar-refractivity contribution in [1.82, 2.24) is 5.32 Å².